The van der Waals surface area contributed by atoms with Crippen molar-refractivity contribution in [3.8, 4) is 0 Å². The number of nitrogens with one attached hydrogen (secondary N) is 2. The lowest BCUT2D eigenvalue weighted by Gasteiger charge is -2.34. The molecule has 0 aliphatic carbocycles. The Balaban J connectivity index is 2.70. The van der Waals surface area contributed by atoms with Gasteiger partial charge in [0.2, 0.25) is 0 Å². The molecular weight excluding hydrogens is 288 g/mol. The van der Waals surface area contributed by atoms with E-state index in [1.165, 1.54) is 0 Å². The van der Waals surface area contributed by atoms with Crippen LogP contribution in [0.2, 0.25) is 0 Å². The zero-order valence-electron chi connectivity index (χ0n) is 14.1. The minimum atomic E-state index is -3.40. The fourth-order valence-electron chi connectivity index (χ4n) is 2.74. The van der Waals surface area contributed by atoms with Crippen LogP contribution in [-0.2, 0) is 10.2 Å². The zero-order valence-corrected chi connectivity index (χ0v) is 14.9. The van der Waals surface area contributed by atoms with Gasteiger partial charge in [0, 0.05) is 25.7 Å². The summed E-state index contributed by atoms with van der Waals surface area (Å²) < 4.78 is 29.7. The van der Waals surface area contributed by atoms with E-state index < -0.39 is 10.2 Å². The lowest BCUT2D eigenvalue weighted by atomic mass is 10.00. The van der Waals surface area contributed by atoms with Crippen LogP contribution >= 0.6 is 0 Å². The highest BCUT2D eigenvalue weighted by Gasteiger charge is 2.31. The van der Waals surface area contributed by atoms with E-state index in [4.69, 9.17) is 0 Å². The molecule has 0 aromatic carbocycles. The minimum absolute atomic E-state index is 0.0605. The molecule has 21 heavy (non-hydrogen) atoms. The number of hydrogen-bond donors (Lipinski definition) is 2. The van der Waals surface area contributed by atoms with Crippen LogP contribution in [0.15, 0.2) is 0 Å². The van der Waals surface area contributed by atoms with Crippen LogP contribution in [0.4, 0.5) is 0 Å². The molecule has 0 radical (unpaired) electrons. The molecule has 6 nitrogen and oxygen atoms in total. The van der Waals surface area contributed by atoms with Gasteiger partial charge in [0.15, 0.2) is 0 Å². The first-order chi connectivity index (χ1) is 9.76. The molecule has 1 fully saturated rings. The summed E-state index contributed by atoms with van der Waals surface area (Å²) >= 11 is 0. The van der Waals surface area contributed by atoms with E-state index in [0.29, 0.717) is 25.6 Å². The van der Waals surface area contributed by atoms with Gasteiger partial charge in [0.25, 0.3) is 10.2 Å². The van der Waals surface area contributed by atoms with Gasteiger partial charge in [-0.1, -0.05) is 13.8 Å². The van der Waals surface area contributed by atoms with Crippen molar-refractivity contribution in [1.82, 2.24) is 19.2 Å². The average Bonchev–Trinajstić information content (AvgIpc) is 2.38. The van der Waals surface area contributed by atoms with Crippen molar-refractivity contribution in [2.75, 3.05) is 47.3 Å². The zero-order chi connectivity index (χ0) is 16.0. The van der Waals surface area contributed by atoms with Gasteiger partial charge in [0.1, 0.15) is 0 Å². The Hall–Kier alpha value is -0.210. The van der Waals surface area contributed by atoms with Crippen LogP contribution in [0, 0.1) is 11.8 Å². The Morgan fingerprint density at radius 3 is 2.52 bits per heavy atom. The number of rotatable bonds is 8. The Morgan fingerprint density at radius 1 is 1.33 bits per heavy atom. The van der Waals surface area contributed by atoms with Crippen LogP contribution in [0.1, 0.15) is 26.7 Å². The van der Waals surface area contributed by atoms with Crippen molar-refractivity contribution in [3.63, 3.8) is 0 Å². The molecule has 2 unspecified atom stereocenters. The summed E-state index contributed by atoms with van der Waals surface area (Å²) in [6.45, 7) is 6.93. The smallest absolute Gasteiger partial charge is 0.279 e. The van der Waals surface area contributed by atoms with E-state index in [1.54, 1.807) is 4.31 Å². The summed E-state index contributed by atoms with van der Waals surface area (Å²) in [5.74, 6) is 0.673. The van der Waals surface area contributed by atoms with Crippen LogP contribution < -0.4 is 10.0 Å². The molecule has 1 saturated heterocycles. The fourth-order valence-corrected chi connectivity index (χ4v) is 4.40. The fraction of sp³-hybridized carbons (Fsp3) is 1.00. The molecule has 0 amide bonds. The van der Waals surface area contributed by atoms with Gasteiger partial charge < -0.3 is 10.2 Å². The van der Waals surface area contributed by atoms with Crippen LogP contribution in [-0.4, -0.2) is 71.0 Å². The highest BCUT2D eigenvalue weighted by Crippen LogP contribution is 2.18. The van der Waals surface area contributed by atoms with E-state index in [9.17, 15) is 8.42 Å². The third kappa shape index (κ3) is 6.20. The SMILES string of the molecule is CNCC1CCCN(S(=O)(=O)NC(CN(C)C)C(C)C)C1. The molecule has 1 heterocycles. The van der Waals surface area contributed by atoms with Gasteiger partial charge in [-0.2, -0.15) is 17.4 Å². The first kappa shape index (κ1) is 18.8. The van der Waals surface area contributed by atoms with Crippen molar-refractivity contribution in [2.45, 2.75) is 32.7 Å². The van der Waals surface area contributed by atoms with Gasteiger partial charge in [0.05, 0.1) is 0 Å². The number of piperidine rings is 1. The first-order valence-electron chi connectivity index (χ1n) is 7.83. The highest BCUT2D eigenvalue weighted by molar-refractivity contribution is 7.87. The molecule has 0 bridgehead atoms. The van der Waals surface area contributed by atoms with Crippen molar-refractivity contribution in [2.24, 2.45) is 11.8 Å². The second-order valence-corrected chi connectivity index (χ2v) is 8.36. The summed E-state index contributed by atoms with van der Waals surface area (Å²) in [5.41, 5.74) is 0. The molecule has 2 atom stereocenters. The standard InChI is InChI=1S/C14H32N4O2S/c1-12(2)14(11-17(4)5)16-21(19,20)18-8-6-7-13(10-18)9-15-3/h12-16H,6-11H2,1-5H3. The predicted octanol–water partition coefficient (Wildman–Crippen LogP) is 0.338. The Labute approximate surface area is 130 Å². The van der Waals surface area contributed by atoms with Gasteiger partial charge in [-0.15, -0.1) is 0 Å². The molecule has 7 heteroatoms. The Bertz CT molecular complexity index is 396. The van der Waals surface area contributed by atoms with Crippen LogP contribution in [0.3, 0.4) is 0 Å². The lowest BCUT2D eigenvalue weighted by molar-refractivity contribution is 0.253. The highest BCUT2D eigenvalue weighted by atomic mass is 32.2. The van der Waals surface area contributed by atoms with E-state index in [-0.39, 0.29) is 12.0 Å². The van der Waals surface area contributed by atoms with Crippen LogP contribution in [0.25, 0.3) is 0 Å². The summed E-state index contributed by atoms with van der Waals surface area (Å²) in [6.07, 6.45) is 2.03. The van der Waals surface area contributed by atoms with Crippen molar-refractivity contribution in [1.29, 1.82) is 0 Å². The van der Waals surface area contributed by atoms with Crippen molar-refractivity contribution in [3.05, 3.63) is 0 Å². The molecule has 1 aliphatic rings. The Kier molecular flexibility index (Phi) is 7.56. The summed E-state index contributed by atoms with van der Waals surface area (Å²) in [6, 6.07) is -0.0605. The molecule has 0 aromatic rings. The molecule has 0 aromatic heterocycles. The normalized spacial score (nSPS) is 22.9. The minimum Gasteiger partial charge on any atom is -0.319 e. The quantitative estimate of drug-likeness (QED) is 0.677. The molecule has 126 valence electrons. The topological polar surface area (TPSA) is 64.7 Å². The number of nitrogens with zero attached hydrogens (tertiary/aromatic N) is 2. The van der Waals surface area contributed by atoms with Crippen molar-refractivity contribution < 1.29 is 8.42 Å². The third-order valence-electron chi connectivity index (χ3n) is 3.98. The number of likely N-dealkylation sites (N-methyl/N-ethyl adjacent to an activating group) is 1. The van der Waals surface area contributed by atoms with E-state index >= 15 is 0 Å². The summed E-state index contributed by atoms with van der Waals surface area (Å²) in [4.78, 5) is 2.02. The van der Waals surface area contributed by atoms with Gasteiger partial charge in [-0.3, -0.25) is 0 Å². The first-order valence-corrected chi connectivity index (χ1v) is 9.27. The second kappa shape index (κ2) is 8.43. The maximum atomic E-state index is 12.6. The van der Waals surface area contributed by atoms with E-state index in [0.717, 1.165) is 19.4 Å². The third-order valence-corrected chi connectivity index (χ3v) is 5.59. The average molecular weight is 321 g/mol. The summed E-state index contributed by atoms with van der Waals surface area (Å²) in [5, 5.41) is 3.15. The van der Waals surface area contributed by atoms with Crippen molar-refractivity contribution >= 4 is 10.2 Å². The largest absolute Gasteiger partial charge is 0.319 e. The Morgan fingerprint density at radius 2 is 2.00 bits per heavy atom. The lowest BCUT2D eigenvalue weighted by Crippen LogP contribution is -2.53. The van der Waals surface area contributed by atoms with E-state index in [1.807, 2.05) is 26.0 Å². The molecular formula is C14H32N4O2S. The second-order valence-electron chi connectivity index (χ2n) is 6.66. The molecule has 0 spiro atoms. The number of hydrogen-bond acceptors (Lipinski definition) is 4. The van der Waals surface area contributed by atoms with Gasteiger partial charge >= 0.3 is 0 Å². The molecule has 0 saturated carbocycles. The maximum absolute atomic E-state index is 12.6. The van der Waals surface area contributed by atoms with E-state index in [2.05, 4.69) is 23.9 Å². The van der Waals surface area contributed by atoms with Crippen LogP contribution in [0.5, 0.6) is 0 Å². The van der Waals surface area contributed by atoms with Gasteiger partial charge in [-0.25, -0.2) is 0 Å². The summed E-state index contributed by atoms with van der Waals surface area (Å²) in [7, 11) is 2.45. The monoisotopic (exact) mass is 320 g/mol. The predicted molar refractivity (Wildman–Crippen MR) is 87.5 cm³/mol. The molecule has 2 N–H and O–H groups in total. The molecule has 1 rings (SSSR count). The maximum Gasteiger partial charge on any atom is 0.279 e. The van der Waals surface area contributed by atoms with Gasteiger partial charge in [-0.05, 0) is 52.4 Å². The molecule has 1 aliphatic heterocycles.